The van der Waals surface area contributed by atoms with Gasteiger partial charge in [0.2, 0.25) is 5.91 Å². The molecule has 1 aliphatic rings. The average molecular weight is 283 g/mol. The fraction of sp³-hybridized carbons (Fsp3) is 0.353. The summed E-state index contributed by atoms with van der Waals surface area (Å²) in [4.78, 5) is 13.7. The summed E-state index contributed by atoms with van der Waals surface area (Å²) < 4.78 is 2.29. The van der Waals surface area contributed by atoms with Gasteiger partial charge in [-0.2, -0.15) is 0 Å². The molecule has 1 unspecified atom stereocenters. The van der Waals surface area contributed by atoms with Crippen LogP contribution in [0.1, 0.15) is 18.2 Å². The maximum Gasteiger partial charge on any atom is 0.216 e. The number of aromatic nitrogens is 1. The van der Waals surface area contributed by atoms with E-state index in [1.54, 1.807) is 6.92 Å². The summed E-state index contributed by atoms with van der Waals surface area (Å²) in [6.07, 6.45) is 2.12. The normalized spacial score (nSPS) is 18.2. The molecule has 0 saturated carbocycles. The number of rotatable bonds is 4. The first-order valence-electron chi connectivity index (χ1n) is 7.39. The van der Waals surface area contributed by atoms with Gasteiger partial charge in [-0.3, -0.25) is 9.69 Å². The summed E-state index contributed by atoms with van der Waals surface area (Å²) >= 11 is 0. The number of amides is 1. The molecule has 0 spiro atoms. The first-order chi connectivity index (χ1) is 10.2. The minimum absolute atomic E-state index is 0.0352. The summed E-state index contributed by atoms with van der Waals surface area (Å²) in [6, 6.07) is 15.1. The van der Waals surface area contributed by atoms with Crippen molar-refractivity contribution in [2.75, 3.05) is 6.54 Å². The molecular weight excluding hydrogens is 262 g/mol. The highest BCUT2D eigenvalue weighted by Crippen LogP contribution is 2.20. The van der Waals surface area contributed by atoms with Gasteiger partial charge in [0.1, 0.15) is 0 Å². The van der Waals surface area contributed by atoms with Gasteiger partial charge < -0.3 is 9.88 Å². The van der Waals surface area contributed by atoms with E-state index >= 15 is 0 Å². The highest BCUT2D eigenvalue weighted by molar-refractivity contribution is 5.72. The Balaban J connectivity index is 1.76. The molecule has 0 fully saturated rings. The Kier molecular flexibility index (Phi) is 4.06. The number of hydrogen-bond donors (Lipinski definition) is 1. The SMILES string of the molecule is CC(=O)NCC1Cn2cccc2CN1Cc1ccccc1. The molecule has 1 aliphatic heterocycles. The lowest BCUT2D eigenvalue weighted by atomic mass is 10.1. The molecule has 0 saturated heterocycles. The van der Waals surface area contributed by atoms with E-state index in [0.29, 0.717) is 12.6 Å². The Labute approximate surface area is 125 Å². The van der Waals surface area contributed by atoms with E-state index in [4.69, 9.17) is 0 Å². The summed E-state index contributed by atoms with van der Waals surface area (Å²) in [7, 11) is 0. The van der Waals surface area contributed by atoms with Crippen molar-refractivity contribution in [3.05, 3.63) is 59.9 Å². The van der Waals surface area contributed by atoms with E-state index in [0.717, 1.165) is 19.6 Å². The molecule has 2 aromatic rings. The molecule has 4 heteroatoms. The Bertz CT molecular complexity index is 606. The van der Waals surface area contributed by atoms with E-state index in [2.05, 4.69) is 57.4 Å². The molecule has 0 bridgehead atoms. The molecular formula is C17H21N3O. The molecule has 1 aromatic heterocycles. The highest BCUT2D eigenvalue weighted by atomic mass is 16.1. The van der Waals surface area contributed by atoms with Crippen molar-refractivity contribution < 1.29 is 4.79 Å². The molecule has 0 aliphatic carbocycles. The fourth-order valence-electron chi connectivity index (χ4n) is 2.91. The molecule has 1 amide bonds. The van der Waals surface area contributed by atoms with Crippen molar-refractivity contribution in [3.8, 4) is 0 Å². The largest absolute Gasteiger partial charge is 0.355 e. The van der Waals surface area contributed by atoms with Crippen molar-refractivity contribution >= 4 is 5.91 Å². The summed E-state index contributed by atoms with van der Waals surface area (Å²) in [6.45, 7) is 5.03. The lowest BCUT2D eigenvalue weighted by molar-refractivity contribution is -0.119. The summed E-state index contributed by atoms with van der Waals surface area (Å²) in [5.74, 6) is 0.0352. The van der Waals surface area contributed by atoms with Gasteiger partial charge in [0, 0.05) is 51.0 Å². The van der Waals surface area contributed by atoms with Crippen LogP contribution in [0.5, 0.6) is 0 Å². The van der Waals surface area contributed by atoms with Crippen LogP contribution in [0.2, 0.25) is 0 Å². The third-order valence-corrected chi connectivity index (χ3v) is 4.03. The van der Waals surface area contributed by atoms with Crippen LogP contribution >= 0.6 is 0 Å². The van der Waals surface area contributed by atoms with Crippen LogP contribution in [0.25, 0.3) is 0 Å². The second-order valence-electron chi connectivity index (χ2n) is 5.63. The average Bonchev–Trinajstić information content (AvgIpc) is 2.93. The topological polar surface area (TPSA) is 37.3 Å². The number of carbonyl (C=O) groups is 1. The van der Waals surface area contributed by atoms with E-state index in [1.807, 2.05) is 6.07 Å². The third-order valence-electron chi connectivity index (χ3n) is 4.03. The van der Waals surface area contributed by atoms with Crippen LogP contribution in [0, 0.1) is 0 Å². The molecule has 3 rings (SSSR count). The van der Waals surface area contributed by atoms with Gasteiger partial charge in [-0.15, -0.1) is 0 Å². The Hall–Kier alpha value is -2.07. The summed E-state index contributed by atoms with van der Waals surface area (Å²) in [5.41, 5.74) is 2.65. The van der Waals surface area contributed by atoms with Gasteiger partial charge in [-0.1, -0.05) is 30.3 Å². The van der Waals surface area contributed by atoms with Gasteiger partial charge >= 0.3 is 0 Å². The number of nitrogens with one attached hydrogen (secondary N) is 1. The Morgan fingerprint density at radius 3 is 2.81 bits per heavy atom. The van der Waals surface area contributed by atoms with Crippen molar-refractivity contribution in [2.24, 2.45) is 0 Å². The first-order valence-corrected chi connectivity index (χ1v) is 7.39. The number of fused-ring (bicyclic) bond motifs is 1. The maximum absolute atomic E-state index is 11.2. The zero-order valence-corrected chi connectivity index (χ0v) is 12.3. The van der Waals surface area contributed by atoms with Crippen molar-refractivity contribution in [2.45, 2.75) is 32.6 Å². The smallest absolute Gasteiger partial charge is 0.216 e. The zero-order chi connectivity index (χ0) is 14.7. The second-order valence-corrected chi connectivity index (χ2v) is 5.63. The molecule has 1 aromatic carbocycles. The summed E-state index contributed by atoms with van der Waals surface area (Å²) in [5, 5.41) is 2.96. The lowest BCUT2D eigenvalue weighted by Gasteiger charge is -2.37. The molecule has 1 N–H and O–H groups in total. The number of hydrogen-bond acceptors (Lipinski definition) is 2. The van der Waals surface area contributed by atoms with Crippen LogP contribution in [0.4, 0.5) is 0 Å². The Morgan fingerprint density at radius 1 is 1.24 bits per heavy atom. The number of carbonyl (C=O) groups excluding carboxylic acids is 1. The number of benzene rings is 1. The van der Waals surface area contributed by atoms with Gasteiger partial charge in [0.25, 0.3) is 0 Å². The molecule has 21 heavy (non-hydrogen) atoms. The van der Waals surface area contributed by atoms with E-state index in [9.17, 15) is 4.79 Å². The molecule has 0 radical (unpaired) electrons. The molecule has 2 heterocycles. The Morgan fingerprint density at radius 2 is 2.05 bits per heavy atom. The monoisotopic (exact) mass is 283 g/mol. The predicted octanol–water partition coefficient (Wildman–Crippen LogP) is 2.01. The lowest BCUT2D eigenvalue weighted by Crippen LogP contribution is -2.48. The minimum Gasteiger partial charge on any atom is -0.355 e. The predicted molar refractivity (Wildman–Crippen MR) is 82.6 cm³/mol. The third kappa shape index (κ3) is 3.34. The minimum atomic E-state index is 0.0352. The van der Waals surface area contributed by atoms with Crippen molar-refractivity contribution in [1.29, 1.82) is 0 Å². The van der Waals surface area contributed by atoms with Gasteiger partial charge in [0.05, 0.1) is 0 Å². The highest BCUT2D eigenvalue weighted by Gasteiger charge is 2.25. The van der Waals surface area contributed by atoms with Gasteiger partial charge in [-0.05, 0) is 17.7 Å². The first kappa shape index (κ1) is 13.9. The van der Waals surface area contributed by atoms with Crippen molar-refractivity contribution in [3.63, 3.8) is 0 Å². The second kappa shape index (κ2) is 6.14. The van der Waals surface area contributed by atoms with Crippen LogP contribution < -0.4 is 5.32 Å². The van der Waals surface area contributed by atoms with E-state index in [-0.39, 0.29) is 5.91 Å². The van der Waals surface area contributed by atoms with Gasteiger partial charge in [0.15, 0.2) is 0 Å². The van der Waals surface area contributed by atoms with Crippen LogP contribution in [-0.2, 0) is 24.4 Å². The van der Waals surface area contributed by atoms with Crippen LogP contribution in [0.15, 0.2) is 48.7 Å². The van der Waals surface area contributed by atoms with E-state index in [1.165, 1.54) is 11.3 Å². The molecule has 1 atom stereocenters. The molecule has 110 valence electrons. The molecule has 4 nitrogen and oxygen atoms in total. The van der Waals surface area contributed by atoms with Crippen LogP contribution in [0.3, 0.4) is 0 Å². The van der Waals surface area contributed by atoms with Crippen LogP contribution in [-0.4, -0.2) is 28.0 Å². The van der Waals surface area contributed by atoms with Crippen molar-refractivity contribution in [1.82, 2.24) is 14.8 Å². The van der Waals surface area contributed by atoms with Gasteiger partial charge in [-0.25, -0.2) is 0 Å². The zero-order valence-electron chi connectivity index (χ0n) is 12.3. The number of nitrogens with zero attached hydrogens (tertiary/aromatic N) is 2. The standard InChI is InChI=1S/C17H21N3O/c1-14(21)18-10-17-13-19-9-5-8-16(19)12-20(17)11-15-6-3-2-4-7-15/h2-9,17H,10-13H2,1H3,(H,18,21). The van der Waals surface area contributed by atoms with E-state index < -0.39 is 0 Å². The fourth-order valence-corrected chi connectivity index (χ4v) is 2.91. The maximum atomic E-state index is 11.2. The quantitative estimate of drug-likeness (QED) is 0.932.